The van der Waals surface area contributed by atoms with Crippen LogP contribution in [0.1, 0.15) is 49.4 Å². The van der Waals surface area contributed by atoms with Gasteiger partial charge in [0.25, 0.3) is 5.91 Å². The number of nitrogens with one attached hydrogen (secondary N) is 4. The Labute approximate surface area is 216 Å². The van der Waals surface area contributed by atoms with Crippen LogP contribution in [0.15, 0.2) is 18.2 Å². The molecule has 1 rings (SSSR count). The maximum atomic E-state index is 13.6. The van der Waals surface area contributed by atoms with Gasteiger partial charge in [-0.05, 0) is 37.8 Å². The number of hydrogen-bond acceptors (Lipinski definition) is 7. The Morgan fingerprint density at radius 1 is 0.895 bits per heavy atom. The van der Waals surface area contributed by atoms with Crippen LogP contribution in [-0.2, 0) is 19.2 Å². The van der Waals surface area contributed by atoms with Crippen LogP contribution in [0.3, 0.4) is 0 Å². The predicted octanol–water partition coefficient (Wildman–Crippen LogP) is 0.311. The summed E-state index contributed by atoms with van der Waals surface area (Å²) in [6.45, 7) is 1.61. The molecule has 15 heteroatoms. The molecule has 7 N–H and O–H groups in total. The molecule has 2 atom stereocenters. The largest absolute Gasteiger partial charge is 0.491 e. The molecule has 210 valence electrons. The molecular formula is C23H31FN4O10. The molecular weight excluding hydrogens is 511 g/mol. The lowest BCUT2D eigenvalue weighted by Crippen LogP contribution is -2.51. The fourth-order valence-electron chi connectivity index (χ4n) is 3.10. The van der Waals surface area contributed by atoms with Gasteiger partial charge in [0.15, 0.2) is 0 Å². The highest BCUT2D eigenvalue weighted by Gasteiger charge is 2.24. The summed E-state index contributed by atoms with van der Waals surface area (Å²) in [5.41, 5.74) is 0.0619. The Morgan fingerprint density at radius 2 is 1.53 bits per heavy atom. The van der Waals surface area contributed by atoms with Crippen molar-refractivity contribution in [2.75, 3.05) is 19.7 Å². The molecule has 4 amide bonds. The van der Waals surface area contributed by atoms with Gasteiger partial charge in [-0.1, -0.05) is 0 Å². The van der Waals surface area contributed by atoms with E-state index in [-0.39, 0.29) is 56.2 Å². The van der Waals surface area contributed by atoms with E-state index in [2.05, 4.69) is 16.0 Å². The van der Waals surface area contributed by atoms with Crippen LogP contribution in [0, 0.1) is 5.82 Å². The number of urea groups is 1. The smallest absolute Gasteiger partial charge is 0.326 e. The maximum Gasteiger partial charge on any atom is 0.326 e. The molecule has 0 heterocycles. The average molecular weight is 543 g/mol. The van der Waals surface area contributed by atoms with Crippen LogP contribution in [0.2, 0.25) is 0 Å². The number of ether oxygens (including phenoxy) is 1. The van der Waals surface area contributed by atoms with Crippen molar-refractivity contribution in [2.45, 2.75) is 51.1 Å². The summed E-state index contributed by atoms with van der Waals surface area (Å²) < 4.78 is 19.0. The van der Waals surface area contributed by atoms with Gasteiger partial charge < -0.3 is 41.3 Å². The number of halogens is 1. The van der Waals surface area contributed by atoms with E-state index in [1.807, 2.05) is 5.32 Å². The molecule has 0 aliphatic heterocycles. The number of carboxylic acids is 3. The summed E-state index contributed by atoms with van der Waals surface area (Å²) in [5.74, 6) is -5.56. The minimum absolute atomic E-state index is 0.00718. The molecule has 0 spiro atoms. The molecule has 1 aromatic carbocycles. The van der Waals surface area contributed by atoms with Crippen molar-refractivity contribution in [3.63, 3.8) is 0 Å². The standard InChI is InChI=1S/C23H31FN4O10/c1-13(29)25-10-11-38-18-12-14(24)5-6-15(18)20(32)26-9-3-2-4-16(21(33)34)27-23(37)28-17(22(35)36)7-8-19(30)31/h5-6,12,16-17H,2-4,7-11H2,1H3,(H,25,29)(H,26,32)(H,30,31)(H,33,34)(H,35,36)(H2,27,28,37)/t16-,17-/m0/s1. The summed E-state index contributed by atoms with van der Waals surface area (Å²) in [5, 5.41) is 36.3. The van der Waals surface area contributed by atoms with Crippen molar-refractivity contribution < 1.29 is 53.2 Å². The Morgan fingerprint density at radius 3 is 2.11 bits per heavy atom. The Balaban J connectivity index is 2.53. The first kappa shape index (κ1) is 31.6. The second kappa shape index (κ2) is 16.3. The van der Waals surface area contributed by atoms with Crippen molar-refractivity contribution >= 4 is 35.8 Å². The predicted molar refractivity (Wildman–Crippen MR) is 128 cm³/mol. The number of aliphatic carboxylic acids is 3. The van der Waals surface area contributed by atoms with Crippen LogP contribution < -0.4 is 26.0 Å². The topological polar surface area (TPSA) is 220 Å². The molecule has 0 aliphatic carbocycles. The molecule has 0 bridgehead atoms. The van der Waals surface area contributed by atoms with Crippen molar-refractivity contribution in [3.05, 3.63) is 29.6 Å². The summed E-state index contributed by atoms with van der Waals surface area (Å²) in [6, 6.07) is -0.594. The summed E-state index contributed by atoms with van der Waals surface area (Å²) >= 11 is 0. The highest BCUT2D eigenvalue weighted by molar-refractivity contribution is 5.96. The van der Waals surface area contributed by atoms with Crippen LogP contribution in [0.5, 0.6) is 5.75 Å². The first-order valence-corrected chi connectivity index (χ1v) is 11.6. The SMILES string of the molecule is CC(=O)NCCOc1cc(F)ccc1C(=O)NCCCC[C@H](NC(=O)N[C@@H](CCC(=O)O)C(=O)O)C(=O)O. The number of carbonyl (C=O) groups is 6. The normalized spacial score (nSPS) is 11.9. The van der Waals surface area contributed by atoms with Crippen molar-refractivity contribution in [3.8, 4) is 5.75 Å². The number of rotatable bonds is 17. The third-order valence-electron chi connectivity index (χ3n) is 4.98. The number of hydrogen-bond donors (Lipinski definition) is 7. The highest BCUT2D eigenvalue weighted by atomic mass is 19.1. The molecule has 0 radical (unpaired) electrons. The van der Waals surface area contributed by atoms with Crippen LogP contribution in [0.25, 0.3) is 0 Å². The van der Waals surface area contributed by atoms with Gasteiger partial charge >= 0.3 is 23.9 Å². The molecule has 0 saturated carbocycles. The Kier molecular flexibility index (Phi) is 13.6. The molecule has 38 heavy (non-hydrogen) atoms. The summed E-state index contributed by atoms with van der Waals surface area (Å²) in [4.78, 5) is 68.7. The molecule has 0 aliphatic rings. The van der Waals surface area contributed by atoms with E-state index in [9.17, 15) is 38.3 Å². The van der Waals surface area contributed by atoms with E-state index in [1.54, 1.807) is 0 Å². The van der Waals surface area contributed by atoms with Crippen molar-refractivity contribution in [1.29, 1.82) is 0 Å². The van der Waals surface area contributed by atoms with Crippen LogP contribution in [0.4, 0.5) is 9.18 Å². The zero-order valence-electron chi connectivity index (χ0n) is 20.6. The van der Waals surface area contributed by atoms with Gasteiger partial charge in [0.05, 0.1) is 12.1 Å². The number of benzene rings is 1. The summed E-state index contributed by atoms with van der Waals surface area (Å²) in [7, 11) is 0. The van der Waals surface area contributed by atoms with E-state index in [0.29, 0.717) is 6.42 Å². The second-order valence-corrected chi connectivity index (χ2v) is 8.06. The third kappa shape index (κ3) is 12.5. The van der Waals surface area contributed by atoms with Crippen molar-refractivity contribution in [2.24, 2.45) is 0 Å². The van der Waals surface area contributed by atoms with E-state index in [0.717, 1.165) is 12.1 Å². The Bertz CT molecular complexity index is 1020. The van der Waals surface area contributed by atoms with Gasteiger partial charge in [0.1, 0.15) is 30.3 Å². The van der Waals surface area contributed by atoms with Crippen molar-refractivity contribution in [1.82, 2.24) is 21.3 Å². The van der Waals surface area contributed by atoms with Gasteiger partial charge in [-0.2, -0.15) is 0 Å². The molecule has 0 unspecified atom stereocenters. The molecule has 0 saturated heterocycles. The monoisotopic (exact) mass is 542 g/mol. The number of unbranched alkanes of at least 4 members (excludes halogenated alkanes) is 1. The molecule has 0 fully saturated rings. The fraction of sp³-hybridized carbons (Fsp3) is 0.478. The van der Waals surface area contributed by atoms with Gasteiger partial charge in [0, 0.05) is 26.0 Å². The van der Waals surface area contributed by atoms with Gasteiger partial charge in [0.2, 0.25) is 5.91 Å². The van der Waals surface area contributed by atoms with Gasteiger partial charge in [-0.25, -0.2) is 18.8 Å². The fourth-order valence-corrected chi connectivity index (χ4v) is 3.10. The number of carbonyl (C=O) groups excluding carboxylic acids is 3. The first-order valence-electron chi connectivity index (χ1n) is 11.6. The van der Waals surface area contributed by atoms with Gasteiger partial charge in [-0.15, -0.1) is 0 Å². The van der Waals surface area contributed by atoms with Crippen LogP contribution in [-0.4, -0.2) is 82.9 Å². The number of amides is 4. The van der Waals surface area contributed by atoms with Gasteiger partial charge in [-0.3, -0.25) is 14.4 Å². The zero-order chi connectivity index (χ0) is 28.7. The Hall–Kier alpha value is -4.43. The van der Waals surface area contributed by atoms with E-state index < -0.39 is 54.2 Å². The molecule has 1 aromatic rings. The minimum atomic E-state index is -1.51. The first-order chi connectivity index (χ1) is 17.9. The average Bonchev–Trinajstić information content (AvgIpc) is 2.82. The molecule has 0 aromatic heterocycles. The lowest BCUT2D eigenvalue weighted by Gasteiger charge is -2.18. The zero-order valence-corrected chi connectivity index (χ0v) is 20.6. The lowest BCUT2D eigenvalue weighted by atomic mass is 10.1. The van der Waals surface area contributed by atoms with E-state index >= 15 is 0 Å². The quantitative estimate of drug-likeness (QED) is 0.134. The lowest BCUT2D eigenvalue weighted by molar-refractivity contribution is -0.140. The summed E-state index contributed by atoms with van der Waals surface area (Å²) in [6.07, 6.45) is -0.364. The maximum absolute atomic E-state index is 13.6. The number of carboxylic acid groups (broad SMARTS) is 3. The van der Waals surface area contributed by atoms with E-state index in [1.165, 1.54) is 13.0 Å². The molecule has 14 nitrogen and oxygen atoms in total. The van der Waals surface area contributed by atoms with Crippen LogP contribution >= 0.6 is 0 Å². The third-order valence-corrected chi connectivity index (χ3v) is 4.98. The highest BCUT2D eigenvalue weighted by Crippen LogP contribution is 2.20. The van der Waals surface area contributed by atoms with E-state index in [4.69, 9.17) is 14.9 Å². The minimum Gasteiger partial charge on any atom is -0.491 e. The second-order valence-electron chi connectivity index (χ2n) is 8.06.